The van der Waals surface area contributed by atoms with E-state index in [2.05, 4.69) is 27.9 Å². The average molecular weight is 330 g/mol. The number of hydrogen-bond donors (Lipinski definition) is 0. The van der Waals surface area contributed by atoms with Crippen LogP contribution >= 0.6 is 11.8 Å². The molecule has 3 atom stereocenters. The minimum absolute atomic E-state index is 0.170. The number of pyridine rings is 1. The summed E-state index contributed by atoms with van der Waals surface area (Å²) in [7, 11) is 0. The number of amidine groups is 1. The maximum absolute atomic E-state index is 12.7. The highest BCUT2D eigenvalue weighted by molar-refractivity contribution is 8.14. The van der Waals surface area contributed by atoms with Crippen LogP contribution in [0, 0.1) is 5.92 Å². The molecule has 1 aliphatic carbocycles. The largest absolute Gasteiger partial charge is 0.348 e. The molecule has 5 nitrogen and oxygen atoms in total. The SMILES string of the molecule is CC1CN=C(N2CCN(C(=O)C3CC3c3cccnc3)CC2)S1. The number of nitrogens with zero attached hydrogens (tertiary/aromatic N) is 4. The van der Waals surface area contributed by atoms with Crippen LogP contribution in [0.15, 0.2) is 29.5 Å². The number of aromatic nitrogens is 1. The summed E-state index contributed by atoms with van der Waals surface area (Å²) in [6, 6.07) is 4.04. The van der Waals surface area contributed by atoms with Gasteiger partial charge in [0, 0.05) is 49.7 Å². The summed E-state index contributed by atoms with van der Waals surface area (Å²) in [5.74, 6) is 0.877. The Labute approximate surface area is 141 Å². The van der Waals surface area contributed by atoms with Crippen LogP contribution in [-0.4, -0.2) is 63.8 Å². The van der Waals surface area contributed by atoms with Gasteiger partial charge in [0.25, 0.3) is 0 Å². The van der Waals surface area contributed by atoms with Crippen molar-refractivity contribution >= 4 is 22.8 Å². The highest BCUT2D eigenvalue weighted by Gasteiger charge is 2.46. The van der Waals surface area contributed by atoms with Gasteiger partial charge < -0.3 is 9.80 Å². The van der Waals surface area contributed by atoms with Crippen LogP contribution in [0.3, 0.4) is 0 Å². The van der Waals surface area contributed by atoms with Crippen molar-refractivity contribution in [2.75, 3.05) is 32.7 Å². The van der Waals surface area contributed by atoms with Crippen molar-refractivity contribution in [2.45, 2.75) is 24.5 Å². The molecule has 23 heavy (non-hydrogen) atoms. The van der Waals surface area contributed by atoms with E-state index in [0.717, 1.165) is 39.1 Å². The molecule has 2 fully saturated rings. The van der Waals surface area contributed by atoms with E-state index in [0.29, 0.717) is 17.1 Å². The Morgan fingerprint density at radius 1 is 1.30 bits per heavy atom. The molecule has 2 aliphatic heterocycles. The van der Waals surface area contributed by atoms with Crippen molar-refractivity contribution in [1.82, 2.24) is 14.8 Å². The number of piperazine rings is 1. The van der Waals surface area contributed by atoms with Gasteiger partial charge in [-0.3, -0.25) is 14.8 Å². The molecule has 3 aliphatic rings. The van der Waals surface area contributed by atoms with Crippen LogP contribution in [0.2, 0.25) is 0 Å². The van der Waals surface area contributed by atoms with Gasteiger partial charge in [-0.05, 0) is 24.0 Å². The zero-order valence-corrected chi connectivity index (χ0v) is 14.2. The summed E-state index contributed by atoms with van der Waals surface area (Å²) >= 11 is 1.86. The first-order chi connectivity index (χ1) is 11.2. The lowest BCUT2D eigenvalue weighted by Gasteiger charge is -2.35. The molecular weight excluding hydrogens is 308 g/mol. The highest BCUT2D eigenvalue weighted by atomic mass is 32.2. The summed E-state index contributed by atoms with van der Waals surface area (Å²) in [5, 5.41) is 1.76. The standard InChI is InChI=1S/C17H22N4OS/c1-12-10-19-17(23-12)21-7-5-20(6-8-21)16(22)15-9-14(15)13-3-2-4-18-11-13/h2-4,11-12,14-15H,5-10H2,1H3. The van der Waals surface area contributed by atoms with Crippen LogP contribution < -0.4 is 0 Å². The molecule has 3 heterocycles. The van der Waals surface area contributed by atoms with Crippen LogP contribution in [0.25, 0.3) is 0 Å². The molecule has 1 amide bonds. The Bertz CT molecular complexity index is 612. The fourth-order valence-electron chi connectivity index (χ4n) is 3.42. The van der Waals surface area contributed by atoms with Gasteiger partial charge >= 0.3 is 0 Å². The Hall–Kier alpha value is -1.56. The smallest absolute Gasteiger partial charge is 0.226 e. The van der Waals surface area contributed by atoms with E-state index in [-0.39, 0.29) is 5.92 Å². The third-order valence-electron chi connectivity index (χ3n) is 4.87. The van der Waals surface area contributed by atoms with Crippen molar-refractivity contribution in [3.8, 4) is 0 Å². The molecule has 1 aromatic rings. The lowest BCUT2D eigenvalue weighted by Crippen LogP contribution is -2.50. The predicted molar refractivity (Wildman–Crippen MR) is 92.6 cm³/mol. The van der Waals surface area contributed by atoms with Gasteiger partial charge in [-0.1, -0.05) is 24.8 Å². The van der Waals surface area contributed by atoms with Gasteiger partial charge in [0.15, 0.2) is 5.17 Å². The van der Waals surface area contributed by atoms with Gasteiger partial charge in [0.05, 0.1) is 6.54 Å². The molecule has 0 radical (unpaired) electrons. The first-order valence-corrected chi connectivity index (χ1v) is 9.25. The molecule has 1 saturated heterocycles. The number of rotatable bonds is 2. The number of carbonyl (C=O) groups excluding carboxylic acids is 1. The van der Waals surface area contributed by atoms with Gasteiger partial charge in [-0.2, -0.15) is 0 Å². The van der Waals surface area contributed by atoms with E-state index >= 15 is 0 Å². The molecule has 0 spiro atoms. The van der Waals surface area contributed by atoms with E-state index in [9.17, 15) is 4.79 Å². The van der Waals surface area contributed by atoms with E-state index in [1.807, 2.05) is 28.9 Å². The number of hydrogen-bond acceptors (Lipinski definition) is 5. The Balaban J connectivity index is 1.30. The number of carbonyl (C=O) groups is 1. The summed E-state index contributed by atoms with van der Waals surface area (Å²) in [6.07, 6.45) is 4.66. The van der Waals surface area contributed by atoms with E-state index in [1.165, 1.54) is 10.7 Å². The molecule has 122 valence electrons. The first kappa shape index (κ1) is 15.0. The fourth-order valence-corrected chi connectivity index (χ4v) is 4.41. The predicted octanol–water partition coefficient (Wildman–Crippen LogP) is 1.82. The van der Waals surface area contributed by atoms with E-state index < -0.39 is 0 Å². The monoisotopic (exact) mass is 330 g/mol. The van der Waals surface area contributed by atoms with E-state index in [4.69, 9.17) is 0 Å². The zero-order valence-electron chi connectivity index (χ0n) is 13.4. The third-order valence-corrected chi connectivity index (χ3v) is 6.02. The van der Waals surface area contributed by atoms with Crippen molar-refractivity contribution in [3.63, 3.8) is 0 Å². The van der Waals surface area contributed by atoms with Crippen LogP contribution in [0.4, 0.5) is 0 Å². The molecule has 6 heteroatoms. The number of aliphatic imine (C=N–C) groups is 1. The molecule has 0 aromatic carbocycles. The van der Waals surface area contributed by atoms with Gasteiger partial charge in [-0.25, -0.2) is 0 Å². The lowest BCUT2D eigenvalue weighted by atomic mass is 10.1. The fraction of sp³-hybridized carbons (Fsp3) is 0.588. The molecule has 0 N–H and O–H groups in total. The van der Waals surface area contributed by atoms with Crippen LogP contribution in [0.5, 0.6) is 0 Å². The summed E-state index contributed by atoms with van der Waals surface area (Å²) in [6.45, 7) is 6.61. The molecular formula is C17H22N4OS. The summed E-state index contributed by atoms with van der Waals surface area (Å²) in [4.78, 5) is 25.8. The maximum Gasteiger partial charge on any atom is 0.226 e. The van der Waals surface area contributed by atoms with Gasteiger partial charge in [0.2, 0.25) is 5.91 Å². The Kier molecular flexibility index (Phi) is 4.01. The van der Waals surface area contributed by atoms with Crippen LogP contribution in [0.1, 0.15) is 24.8 Å². The minimum Gasteiger partial charge on any atom is -0.348 e. The Morgan fingerprint density at radius 3 is 2.78 bits per heavy atom. The van der Waals surface area contributed by atoms with Crippen molar-refractivity contribution in [2.24, 2.45) is 10.9 Å². The number of amides is 1. The van der Waals surface area contributed by atoms with Crippen molar-refractivity contribution < 1.29 is 4.79 Å². The highest BCUT2D eigenvalue weighted by Crippen LogP contribution is 2.48. The van der Waals surface area contributed by atoms with E-state index in [1.54, 1.807) is 6.20 Å². The van der Waals surface area contributed by atoms with Crippen molar-refractivity contribution in [3.05, 3.63) is 30.1 Å². The second-order valence-corrected chi connectivity index (χ2v) is 8.00. The normalized spacial score (nSPS) is 30.3. The second kappa shape index (κ2) is 6.15. The molecule has 4 rings (SSSR count). The Morgan fingerprint density at radius 2 is 2.13 bits per heavy atom. The summed E-state index contributed by atoms with van der Waals surface area (Å²) < 4.78 is 0. The molecule has 3 unspecified atom stereocenters. The number of thioether (sulfide) groups is 1. The maximum atomic E-state index is 12.7. The third kappa shape index (κ3) is 3.09. The van der Waals surface area contributed by atoms with Crippen LogP contribution in [-0.2, 0) is 4.79 Å². The first-order valence-electron chi connectivity index (χ1n) is 8.37. The average Bonchev–Trinajstić information content (AvgIpc) is 3.29. The quantitative estimate of drug-likeness (QED) is 0.830. The van der Waals surface area contributed by atoms with Crippen molar-refractivity contribution in [1.29, 1.82) is 0 Å². The molecule has 1 aromatic heterocycles. The molecule has 0 bridgehead atoms. The topological polar surface area (TPSA) is 48.8 Å². The lowest BCUT2D eigenvalue weighted by molar-refractivity contribution is -0.133. The second-order valence-electron chi connectivity index (χ2n) is 6.60. The minimum atomic E-state index is 0.170. The molecule has 1 saturated carbocycles. The van der Waals surface area contributed by atoms with Gasteiger partial charge in [-0.15, -0.1) is 0 Å². The zero-order chi connectivity index (χ0) is 15.8. The van der Waals surface area contributed by atoms with Gasteiger partial charge in [0.1, 0.15) is 0 Å². The summed E-state index contributed by atoms with van der Waals surface area (Å²) in [5.41, 5.74) is 1.20.